The lowest BCUT2D eigenvalue weighted by atomic mass is 9.96. The van der Waals surface area contributed by atoms with E-state index in [0.29, 0.717) is 6.54 Å². The second kappa shape index (κ2) is 5.24. The molecule has 2 aromatic rings. The summed E-state index contributed by atoms with van der Waals surface area (Å²) in [6.07, 6.45) is 5.01. The van der Waals surface area contributed by atoms with E-state index in [2.05, 4.69) is 10.7 Å². The van der Waals surface area contributed by atoms with Crippen LogP contribution in [0.15, 0.2) is 22.9 Å². The highest BCUT2D eigenvalue weighted by atomic mass is 32.1. The molecule has 1 amide bonds. The van der Waals surface area contributed by atoms with Crippen LogP contribution in [0.5, 0.6) is 0 Å². The molecule has 4 heteroatoms. The summed E-state index contributed by atoms with van der Waals surface area (Å²) >= 11 is 3.34. The third-order valence-corrected chi connectivity index (χ3v) is 5.34. The number of thiophene rings is 2. The lowest BCUT2D eigenvalue weighted by molar-refractivity contribution is 0.0955. The van der Waals surface area contributed by atoms with Crippen LogP contribution in [0.3, 0.4) is 0 Å². The first-order valence-electron chi connectivity index (χ1n) is 6.24. The molecule has 94 valence electrons. The Morgan fingerprint density at radius 1 is 1.28 bits per heavy atom. The van der Waals surface area contributed by atoms with Crippen molar-refractivity contribution < 1.29 is 4.79 Å². The molecule has 0 unspecified atom stereocenters. The topological polar surface area (TPSA) is 29.1 Å². The first-order chi connectivity index (χ1) is 8.84. The highest BCUT2D eigenvalue weighted by Gasteiger charge is 2.16. The van der Waals surface area contributed by atoms with Crippen LogP contribution in [-0.2, 0) is 19.4 Å². The zero-order valence-corrected chi connectivity index (χ0v) is 11.7. The summed E-state index contributed by atoms with van der Waals surface area (Å²) in [5.74, 6) is 0.0424. The summed E-state index contributed by atoms with van der Waals surface area (Å²) in [5, 5.41) is 7.16. The van der Waals surface area contributed by atoms with Gasteiger partial charge in [-0.2, -0.15) is 0 Å². The standard InChI is InChI=1S/C14H15NOS2/c16-14(13-6-3-7-17-13)15-8-10-9-18-12-5-2-1-4-11(10)12/h3,6-7,9H,1-2,4-5,8H2,(H,15,16). The molecular formula is C14H15NOS2. The Balaban J connectivity index is 1.67. The fourth-order valence-electron chi connectivity index (χ4n) is 2.38. The van der Waals surface area contributed by atoms with E-state index in [1.54, 1.807) is 0 Å². The number of carbonyl (C=O) groups is 1. The van der Waals surface area contributed by atoms with E-state index in [-0.39, 0.29) is 5.91 Å². The fourth-order valence-corrected chi connectivity index (χ4v) is 4.17. The van der Waals surface area contributed by atoms with Crippen LogP contribution in [-0.4, -0.2) is 5.91 Å². The van der Waals surface area contributed by atoms with E-state index in [4.69, 9.17) is 0 Å². The Hall–Kier alpha value is -1.13. The van der Waals surface area contributed by atoms with Gasteiger partial charge in [0.15, 0.2) is 0 Å². The SMILES string of the molecule is O=C(NCc1csc2c1CCCC2)c1cccs1. The van der Waals surface area contributed by atoms with E-state index in [9.17, 15) is 4.79 Å². The molecule has 0 bridgehead atoms. The average Bonchev–Trinajstić information content (AvgIpc) is 3.06. The van der Waals surface area contributed by atoms with Crippen LogP contribution in [0, 0.1) is 0 Å². The van der Waals surface area contributed by atoms with E-state index in [1.165, 1.54) is 53.0 Å². The third kappa shape index (κ3) is 2.35. The van der Waals surface area contributed by atoms with Gasteiger partial charge in [-0.25, -0.2) is 0 Å². The predicted molar refractivity (Wildman–Crippen MR) is 76.5 cm³/mol. The third-order valence-electron chi connectivity index (χ3n) is 3.33. The van der Waals surface area contributed by atoms with Gasteiger partial charge in [0, 0.05) is 11.4 Å². The Morgan fingerprint density at radius 3 is 3.00 bits per heavy atom. The number of hydrogen-bond acceptors (Lipinski definition) is 3. The Morgan fingerprint density at radius 2 is 2.17 bits per heavy atom. The number of fused-ring (bicyclic) bond motifs is 1. The summed E-state index contributed by atoms with van der Waals surface area (Å²) in [6, 6.07) is 3.77. The number of amides is 1. The molecule has 1 N–H and O–H groups in total. The molecule has 0 aromatic carbocycles. The molecule has 2 heterocycles. The molecule has 0 saturated carbocycles. The first-order valence-corrected chi connectivity index (χ1v) is 8.00. The number of rotatable bonds is 3. The minimum atomic E-state index is 0.0424. The summed E-state index contributed by atoms with van der Waals surface area (Å²) in [6.45, 7) is 0.669. The minimum Gasteiger partial charge on any atom is -0.347 e. The average molecular weight is 277 g/mol. The van der Waals surface area contributed by atoms with E-state index in [0.717, 1.165) is 4.88 Å². The summed E-state index contributed by atoms with van der Waals surface area (Å²) in [7, 11) is 0. The predicted octanol–water partition coefficient (Wildman–Crippen LogP) is 3.62. The van der Waals surface area contributed by atoms with E-state index >= 15 is 0 Å². The number of nitrogens with one attached hydrogen (secondary N) is 1. The van der Waals surface area contributed by atoms with Crippen LogP contribution in [0.2, 0.25) is 0 Å². The van der Waals surface area contributed by atoms with Crippen molar-refractivity contribution in [3.63, 3.8) is 0 Å². The second-order valence-electron chi connectivity index (χ2n) is 4.53. The summed E-state index contributed by atoms with van der Waals surface area (Å²) in [5.41, 5.74) is 2.82. The van der Waals surface area contributed by atoms with Crippen LogP contribution in [0.1, 0.15) is 38.5 Å². The summed E-state index contributed by atoms with van der Waals surface area (Å²) < 4.78 is 0. The molecule has 2 nitrogen and oxygen atoms in total. The van der Waals surface area contributed by atoms with Crippen molar-refractivity contribution in [3.8, 4) is 0 Å². The molecule has 0 atom stereocenters. The fraction of sp³-hybridized carbons (Fsp3) is 0.357. The molecule has 0 saturated heterocycles. The Labute approximate surface area is 115 Å². The molecule has 0 fully saturated rings. The Bertz CT molecular complexity index is 542. The molecule has 0 radical (unpaired) electrons. The van der Waals surface area contributed by atoms with Crippen LogP contribution < -0.4 is 5.32 Å². The maximum Gasteiger partial charge on any atom is 0.261 e. The Kier molecular flexibility index (Phi) is 3.48. The van der Waals surface area contributed by atoms with Crippen molar-refractivity contribution in [3.05, 3.63) is 43.8 Å². The van der Waals surface area contributed by atoms with Gasteiger partial charge in [-0.05, 0) is 53.6 Å². The lowest BCUT2D eigenvalue weighted by Gasteiger charge is -2.13. The lowest BCUT2D eigenvalue weighted by Crippen LogP contribution is -2.22. The molecule has 2 aromatic heterocycles. The van der Waals surface area contributed by atoms with Crippen LogP contribution in [0.25, 0.3) is 0 Å². The van der Waals surface area contributed by atoms with Crippen LogP contribution >= 0.6 is 22.7 Å². The van der Waals surface area contributed by atoms with Gasteiger partial charge in [0.2, 0.25) is 0 Å². The van der Waals surface area contributed by atoms with Gasteiger partial charge in [0.05, 0.1) is 4.88 Å². The van der Waals surface area contributed by atoms with Gasteiger partial charge in [-0.1, -0.05) is 6.07 Å². The van der Waals surface area contributed by atoms with Gasteiger partial charge >= 0.3 is 0 Å². The zero-order valence-electron chi connectivity index (χ0n) is 10.1. The van der Waals surface area contributed by atoms with Crippen molar-refractivity contribution >= 4 is 28.6 Å². The molecule has 1 aliphatic carbocycles. The minimum absolute atomic E-state index is 0.0424. The van der Waals surface area contributed by atoms with Crippen molar-refractivity contribution in [2.24, 2.45) is 0 Å². The van der Waals surface area contributed by atoms with Gasteiger partial charge in [0.1, 0.15) is 0 Å². The quantitative estimate of drug-likeness (QED) is 0.912. The van der Waals surface area contributed by atoms with Crippen molar-refractivity contribution in [2.75, 3.05) is 0 Å². The van der Waals surface area contributed by atoms with Crippen molar-refractivity contribution in [2.45, 2.75) is 32.2 Å². The van der Waals surface area contributed by atoms with Crippen molar-refractivity contribution in [1.29, 1.82) is 0 Å². The number of aryl methyl sites for hydroxylation is 1. The second-order valence-corrected chi connectivity index (χ2v) is 6.44. The highest BCUT2D eigenvalue weighted by molar-refractivity contribution is 7.12. The highest BCUT2D eigenvalue weighted by Crippen LogP contribution is 2.30. The van der Waals surface area contributed by atoms with Gasteiger partial charge in [-0.15, -0.1) is 22.7 Å². The van der Waals surface area contributed by atoms with Gasteiger partial charge in [0.25, 0.3) is 5.91 Å². The maximum absolute atomic E-state index is 11.9. The molecule has 18 heavy (non-hydrogen) atoms. The first kappa shape index (κ1) is 11.9. The largest absolute Gasteiger partial charge is 0.347 e. The van der Waals surface area contributed by atoms with E-state index in [1.807, 2.05) is 28.8 Å². The molecule has 0 spiro atoms. The maximum atomic E-state index is 11.9. The zero-order chi connectivity index (χ0) is 12.4. The number of carbonyl (C=O) groups excluding carboxylic acids is 1. The summed E-state index contributed by atoms with van der Waals surface area (Å²) in [4.78, 5) is 14.2. The van der Waals surface area contributed by atoms with E-state index < -0.39 is 0 Å². The smallest absolute Gasteiger partial charge is 0.261 e. The molecule has 3 rings (SSSR count). The van der Waals surface area contributed by atoms with Gasteiger partial charge < -0.3 is 5.32 Å². The normalized spacial score (nSPS) is 14.2. The van der Waals surface area contributed by atoms with Crippen molar-refractivity contribution in [1.82, 2.24) is 5.32 Å². The monoisotopic (exact) mass is 277 g/mol. The molecular weight excluding hydrogens is 262 g/mol. The molecule has 1 aliphatic rings. The van der Waals surface area contributed by atoms with Crippen LogP contribution in [0.4, 0.5) is 0 Å². The number of hydrogen-bond donors (Lipinski definition) is 1. The van der Waals surface area contributed by atoms with Gasteiger partial charge in [-0.3, -0.25) is 4.79 Å². The molecule has 0 aliphatic heterocycles.